The van der Waals surface area contributed by atoms with Gasteiger partial charge in [-0.2, -0.15) is 0 Å². The Morgan fingerprint density at radius 1 is 1.63 bits per heavy atom. The fraction of sp³-hybridized carbons (Fsp3) is 0.786. The van der Waals surface area contributed by atoms with Gasteiger partial charge in [-0.05, 0) is 33.2 Å². The molecule has 1 N–H and O–H groups in total. The summed E-state index contributed by atoms with van der Waals surface area (Å²) in [6, 6.07) is 0.327. The van der Waals surface area contributed by atoms with Gasteiger partial charge in [-0.15, -0.1) is 11.3 Å². The molecule has 0 aliphatic carbocycles. The summed E-state index contributed by atoms with van der Waals surface area (Å²) in [5, 5.41) is 6.70. The Bertz CT molecular complexity index is 409. The molecule has 1 aromatic rings. The molecule has 4 nitrogen and oxygen atoms in total. The molecule has 0 amide bonds. The molecular formula is C14H25N3OS. The zero-order chi connectivity index (χ0) is 13.9. The lowest BCUT2D eigenvalue weighted by Crippen LogP contribution is -2.47. The average molecular weight is 283 g/mol. The Labute approximate surface area is 120 Å². The lowest BCUT2D eigenvalue weighted by Gasteiger charge is -2.39. The maximum atomic E-state index is 5.65. The molecule has 2 unspecified atom stereocenters. The molecule has 1 aliphatic rings. The van der Waals surface area contributed by atoms with Crippen LogP contribution in [-0.2, 0) is 4.74 Å². The minimum atomic E-state index is -0.0304. The van der Waals surface area contributed by atoms with Gasteiger partial charge in [0, 0.05) is 31.6 Å². The highest BCUT2D eigenvalue weighted by atomic mass is 32.1. The standard InChI is InChI=1S/C14H25N3OS/c1-5-15-11(2)12-9-19-13(16-12)17-8-6-7-14(3,10-17)18-4/h9,11,15H,5-8,10H2,1-4H3. The third kappa shape index (κ3) is 3.46. The molecule has 19 heavy (non-hydrogen) atoms. The van der Waals surface area contributed by atoms with Crippen molar-refractivity contribution in [1.82, 2.24) is 10.3 Å². The minimum absolute atomic E-state index is 0.0304. The second-order valence-corrected chi connectivity index (χ2v) is 6.35. The molecule has 0 spiro atoms. The van der Waals surface area contributed by atoms with Gasteiger partial charge in [-0.1, -0.05) is 6.92 Å². The smallest absolute Gasteiger partial charge is 0.185 e. The van der Waals surface area contributed by atoms with E-state index in [-0.39, 0.29) is 5.60 Å². The highest BCUT2D eigenvalue weighted by Crippen LogP contribution is 2.31. The van der Waals surface area contributed by atoms with Crippen LogP contribution in [0.25, 0.3) is 0 Å². The lowest BCUT2D eigenvalue weighted by atomic mass is 9.95. The Hall–Kier alpha value is -0.650. The fourth-order valence-electron chi connectivity index (χ4n) is 2.57. The van der Waals surface area contributed by atoms with Crippen molar-refractivity contribution in [2.75, 3.05) is 31.6 Å². The summed E-state index contributed by atoms with van der Waals surface area (Å²) >= 11 is 1.74. The van der Waals surface area contributed by atoms with Crippen LogP contribution in [0.1, 0.15) is 45.3 Å². The van der Waals surface area contributed by atoms with Gasteiger partial charge >= 0.3 is 0 Å². The number of aromatic nitrogens is 1. The SMILES string of the molecule is CCNC(C)c1csc(N2CCCC(C)(OC)C2)n1. The average Bonchev–Trinajstić information content (AvgIpc) is 2.89. The number of rotatable bonds is 5. The van der Waals surface area contributed by atoms with Crippen LogP contribution >= 0.6 is 11.3 Å². The van der Waals surface area contributed by atoms with Gasteiger partial charge < -0.3 is 15.0 Å². The van der Waals surface area contributed by atoms with Crippen molar-refractivity contribution in [1.29, 1.82) is 0 Å². The molecule has 1 aliphatic heterocycles. The van der Waals surface area contributed by atoms with Crippen molar-refractivity contribution in [2.24, 2.45) is 0 Å². The first-order chi connectivity index (χ1) is 9.08. The summed E-state index contributed by atoms with van der Waals surface area (Å²) in [5.41, 5.74) is 1.11. The molecule has 5 heteroatoms. The van der Waals surface area contributed by atoms with E-state index in [2.05, 4.69) is 36.4 Å². The van der Waals surface area contributed by atoms with Crippen LogP contribution in [0.5, 0.6) is 0 Å². The largest absolute Gasteiger partial charge is 0.377 e. The van der Waals surface area contributed by atoms with Crippen LogP contribution in [0.4, 0.5) is 5.13 Å². The molecule has 1 fully saturated rings. The molecule has 2 atom stereocenters. The zero-order valence-corrected chi connectivity index (χ0v) is 13.2. The summed E-state index contributed by atoms with van der Waals surface area (Å²) in [6.45, 7) is 9.47. The summed E-state index contributed by atoms with van der Waals surface area (Å²) in [7, 11) is 1.81. The normalized spacial score (nSPS) is 25.6. The minimum Gasteiger partial charge on any atom is -0.377 e. The van der Waals surface area contributed by atoms with E-state index in [1.807, 2.05) is 7.11 Å². The number of anilines is 1. The van der Waals surface area contributed by atoms with Gasteiger partial charge in [0.2, 0.25) is 0 Å². The number of methoxy groups -OCH3 is 1. The Morgan fingerprint density at radius 2 is 2.42 bits per heavy atom. The van der Waals surface area contributed by atoms with Gasteiger partial charge in [0.1, 0.15) is 0 Å². The number of nitrogens with one attached hydrogen (secondary N) is 1. The number of piperidine rings is 1. The van der Waals surface area contributed by atoms with Crippen molar-refractivity contribution in [3.63, 3.8) is 0 Å². The van der Waals surface area contributed by atoms with Crippen molar-refractivity contribution >= 4 is 16.5 Å². The molecule has 1 saturated heterocycles. The molecule has 108 valence electrons. The Morgan fingerprint density at radius 3 is 3.11 bits per heavy atom. The quantitative estimate of drug-likeness (QED) is 0.901. The third-order valence-corrected chi connectivity index (χ3v) is 4.81. The van der Waals surface area contributed by atoms with Crippen LogP contribution in [0.2, 0.25) is 0 Å². The summed E-state index contributed by atoms with van der Waals surface area (Å²) in [5.74, 6) is 0. The molecule has 0 bridgehead atoms. The van der Waals surface area contributed by atoms with E-state index in [0.29, 0.717) is 6.04 Å². The molecule has 0 radical (unpaired) electrons. The van der Waals surface area contributed by atoms with E-state index in [0.717, 1.165) is 36.9 Å². The number of thiazole rings is 1. The number of nitrogens with zero attached hydrogens (tertiary/aromatic N) is 2. The van der Waals surface area contributed by atoms with Crippen molar-refractivity contribution in [2.45, 2.75) is 45.3 Å². The maximum Gasteiger partial charge on any atom is 0.185 e. The topological polar surface area (TPSA) is 37.4 Å². The number of hydrogen-bond acceptors (Lipinski definition) is 5. The van der Waals surface area contributed by atoms with Crippen LogP contribution in [-0.4, -0.2) is 37.3 Å². The van der Waals surface area contributed by atoms with Crippen molar-refractivity contribution in [3.8, 4) is 0 Å². The fourth-order valence-corrected chi connectivity index (χ4v) is 3.51. The molecule has 2 heterocycles. The van der Waals surface area contributed by atoms with E-state index < -0.39 is 0 Å². The molecule has 1 aromatic heterocycles. The monoisotopic (exact) mass is 283 g/mol. The van der Waals surface area contributed by atoms with E-state index >= 15 is 0 Å². The van der Waals surface area contributed by atoms with E-state index in [1.54, 1.807) is 11.3 Å². The van der Waals surface area contributed by atoms with E-state index in [4.69, 9.17) is 9.72 Å². The molecule has 2 rings (SSSR count). The highest BCUT2D eigenvalue weighted by Gasteiger charge is 2.32. The first kappa shape index (κ1) is 14.8. The summed E-state index contributed by atoms with van der Waals surface area (Å²) in [4.78, 5) is 7.14. The van der Waals surface area contributed by atoms with E-state index in [1.165, 1.54) is 6.42 Å². The first-order valence-electron chi connectivity index (χ1n) is 7.07. The van der Waals surface area contributed by atoms with Crippen LogP contribution < -0.4 is 10.2 Å². The predicted octanol–water partition coefficient (Wildman–Crippen LogP) is 2.82. The van der Waals surface area contributed by atoms with Gasteiger partial charge in [-0.3, -0.25) is 0 Å². The first-order valence-corrected chi connectivity index (χ1v) is 7.95. The zero-order valence-electron chi connectivity index (χ0n) is 12.4. The predicted molar refractivity (Wildman–Crippen MR) is 81.1 cm³/mol. The Balaban J connectivity index is 2.06. The number of hydrogen-bond donors (Lipinski definition) is 1. The highest BCUT2D eigenvalue weighted by molar-refractivity contribution is 7.13. The van der Waals surface area contributed by atoms with Crippen LogP contribution in [0.3, 0.4) is 0 Å². The molecular weight excluding hydrogens is 258 g/mol. The third-order valence-electron chi connectivity index (χ3n) is 3.89. The lowest BCUT2D eigenvalue weighted by molar-refractivity contribution is -0.00466. The second kappa shape index (κ2) is 6.20. The Kier molecular flexibility index (Phi) is 4.81. The van der Waals surface area contributed by atoms with Crippen molar-refractivity contribution < 1.29 is 4.74 Å². The maximum absolute atomic E-state index is 5.65. The van der Waals surface area contributed by atoms with Crippen LogP contribution in [0, 0.1) is 0 Å². The van der Waals surface area contributed by atoms with Gasteiger partial charge in [0.15, 0.2) is 5.13 Å². The van der Waals surface area contributed by atoms with Crippen LogP contribution in [0.15, 0.2) is 5.38 Å². The number of ether oxygens (including phenoxy) is 1. The second-order valence-electron chi connectivity index (χ2n) is 5.51. The molecule has 0 aromatic carbocycles. The summed E-state index contributed by atoms with van der Waals surface area (Å²) < 4.78 is 5.65. The van der Waals surface area contributed by atoms with Gasteiger partial charge in [0.25, 0.3) is 0 Å². The molecule has 0 saturated carbocycles. The van der Waals surface area contributed by atoms with Crippen molar-refractivity contribution in [3.05, 3.63) is 11.1 Å². The van der Waals surface area contributed by atoms with E-state index in [9.17, 15) is 0 Å². The van der Waals surface area contributed by atoms with Gasteiger partial charge in [0.05, 0.1) is 11.3 Å². The summed E-state index contributed by atoms with van der Waals surface area (Å²) in [6.07, 6.45) is 2.30. The van der Waals surface area contributed by atoms with Gasteiger partial charge in [-0.25, -0.2) is 4.98 Å².